The Labute approximate surface area is 189 Å². The molecule has 6 rings (SSSR count). The smallest absolute Gasteiger partial charge is 0.319 e. The van der Waals surface area contributed by atoms with Gasteiger partial charge in [-0.1, -0.05) is 18.2 Å². The van der Waals surface area contributed by atoms with Gasteiger partial charge in [-0.05, 0) is 49.1 Å². The number of carbonyl (C=O) groups excluding carboxylic acids is 1. The molecule has 1 aromatic heterocycles. The Hall–Kier alpha value is -1.93. The minimum absolute atomic E-state index is 0.0968. The van der Waals surface area contributed by atoms with Gasteiger partial charge in [0, 0.05) is 49.4 Å². The molecule has 0 amide bonds. The normalized spacial score (nSPS) is 30.8. The number of rotatable bonds is 9. The molecule has 32 heavy (non-hydrogen) atoms. The highest BCUT2D eigenvalue weighted by Crippen LogP contribution is 2.55. The number of para-hydroxylation sites is 1. The Balaban J connectivity index is 1.44. The maximum absolute atomic E-state index is 13.6. The highest BCUT2D eigenvalue weighted by molar-refractivity contribution is 5.91. The lowest BCUT2D eigenvalue weighted by atomic mass is 9.56. The molecule has 7 heteroatoms. The maximum Gasteiger partial charge on any atom is 0.319 e. The molecule has 174 valence electrons. The van der Waals surface area contributed by atoms with E-state index in [-0.39, 0.29) is 18.8 Å². The number of fused-ring (bicyclic) bond motifs is 4. The zero-order valence-corrected chi connectivity index (χ0v) is 19.1. The number of H-pyrrole nitrogens is 1. The molecule has 1 aliphatic carbocycles. The van der Waals surface area contributed by atoms with E-state index in [1.807, 2.05) is 0 Å². The standard InChI is InChI=1S/C25H34N2O5/c1-29-11-12-32-16-31-10-8-18-13-17-14-25(24(28)30-2)22-20(7-9-27(15-17)23(18)25)19-5-3-4-6-21(19)26-22/h3-6,17-18,23,26H,7-16H2,1-2H3/t17-,18?,23?,25?/m0/s1. The monoisotopic (exact) mass is 442 g/mol. The second kappa shape index (κ2) is 9.14. The topological polar surface area (TPSA) is 73.0 Å². The number of nitrogens with one attached hydrogen (secondary N) is 1. The third kappa shape index (κ3) is 3.55. The van der Waals surface area contributed by atoms with Gasteiger partial charge in [-0.2, -0.15) is 0 Å². The molecule has 1 aromatic carbocycles. The van der Waals surface area contributed by atoms with Gasteiger partial charge in [-0.3, -0.25) is 9.69 Å². The van der Waals surface area contributed by atoms with E-state index in [1.165, 1.54) is 18.1 Å². The Kier molecular flexibility index (Phi) is 6.25. The molecule has 4 heterocycles. The van der Waals surface area contributed by atoms with Crippen LogP contribution in [0.4, 0.5) is 0 Å². The van der Waals surface area contributed by atoms with Gasteiger partial charge in [0.15, 0.2) is 0 Å². The molecule has 3 fully saturated rings. The van der Waals surface area contributed by atoms with E-state index in [0.29, 0.717) is 31.7 Å². The lowest BCUT2D eigenvalue weighted by Gasteiger charge is -2.58. The first kappa shape index (κ1) is 21.9. The third-order valence-corrected chi connectivity index (χ3v) is 7.77. The van der Waals surface area contributed by atoms with Crippen molar-refractivity contribution in [2.24, 2.45) is 11.8 Å². The summed E-state index contributed by atoms with van der Waals surface area (Å²) in [7, 11) is 3.19. The van der Waals surface area contributed by atoms with E-state index in [2.05, 4.69) is 34.1 Å². The van der Waals surface area contributed by atoms with Gasteiger partial charge < -0.3 is 23.9 Å². The number of piperidine rings is 2. The van der Waals surface area contributed by atoms with E-state index >= 15 is 0 Å². The van der Waals surface area contributed by atoms with E-state index < -0.39 is 5.41 Å². The molecule has 4 bridgehead atoms. The number of hydrogen-bond acceptors (Lipinski definition) is 6. The van der Waals surface area contributed by atoms with Gasteiger partial charge >= 0.3 is 5.97 Å². The van der Waals surface area contributed by atoms with Crippen molar-refractivity contribution in [1.82, 2.24) is 9.88 Å². The van der Waals surface area contributed by atoms with Crippen molar-refractivity contribution in [3.63, 3.8) is 0 Å². The summed E-state index contributed by atoms with van der Waals surface area (Å²) in [6.45, 7) is 4.06. The summed E-state index contributed by atoms with van der Waals surface area (Å²) in [6, 6.07) is 8.56. The van der Waals surface area contributed by atoms with E-state index in [0.717, 1.165) is 50.0 Å². The number of hydrogen-bond donors (Lipinski definition) is 1. The van der Waals surface area contributed by atoms with Crippen molar-refractivity contribution < 1.29 is 23.7 Å². The van der Waals surface area contributed by atoms with Crippen LogP contribution < -0.4 is 0 Å². The molecule has 1 saturated carbocycles. The molecule has 5 atom stereocenters. The molecule has 4 unspecified atom stereocenters. The van der Waals surface area contributed by atoms with Crippen LogP contribution in [0.2, 0.25) is 0 Å². The summed E-state index contributed by atoms with van der Waals surface area (Å²) < 4.78 is 21.7. The molecule has 0 spiro atoms. The Morgan fingerprint density at radius 2 is 2.03 bits per heavy atom. The first-order chi connectivity index (χ1) is 15.7. The van der Waals surface area contributed by atoms with Gasteiger partial charge in [-0.25, -0.2) is 0 Å². The average Bonchev–Trinajstić information content (AvgIpc) is 3.16. The van der Waals surface area contributed by atoms with Gasteiger partial charge in [0.25, 0.3) is 0 Å². The number of nitrogens with zero attached hydrogens (tertiary/aromatic N) is 1. The van der Waals surface area contributed by atoms with Crippen LogP contribution in [0, 0.1) is 11.8 Å². The van der Waals surface area contributed by atoms with Crippen molar-refractivity contribution in [3.8, 4) is 0 Å². The molecular formula is C25H34N2O5. The number of carbonyl (C=O) groups is 1. The summed E-state index contributed by atoms with van der Waals surface area (Å²) in [5, 5.41) is 1.24. The molecule has 2 aromatic rings. The summed E-state index contributed by atoms with van der Waals surface area (Å²) in [5.74, 6) is 0.776. The van der Waals surface area contributed by atoms with Crippen molar-refractivity contribution in [3.05, 3.63) is 35.5 Å². The van der Waals surface area contributed by atoms with Crippen LogP contribution in [0.5, 0.6) is 0 Å². The predicted molar refractivity (Wildman–Crippen MR) is 121 cm³/mol. The zero-order chi connectivity index (χ0) is 22.1. The van der Waals surface area contributed by atoms with E-state index in [4.69, 9.17) is 18.9 Å². The third-order valence-electron chi connectivity index (χ3n) is 7.77. The molecule has 7 nitrogen and oxygen atoms in total. The van der Waals surface area contributed by atoms with Crippen LogP contribution in [0.15, 0.2) is 24.3 Å². The number of aromatic amines is 1. The SMILES string of the molecule is COCCOCOCCC1C[C@@H]2CN3CCc4c([nH]c5ccccc45)C(C(=O)OC)(C2)C13. The summed E-state index contributed by atoms with van der Waals surface area (Å²) in [6.07, 6.45) is 3.87. The van der Waals surface area contributed by atoms with Crippen molar-refractivity contribution >= 4 is 16.9 Å². The van der Waals surface area contributed by atoms with Crippen LogP contribution in [0.1, 0.15) is 30.5 Å². The molecule has 0 radical (unpaired) electrons. The number of esters is 1. The first-order valence-corrected chi connectivity index (χ1v) is 11.8. The van der Waals surface area contributed by atoms with Gasteiger partial charge in [0.1, 0.15) is 12.2 Å². The molecular weight excluding hydrogens is 408 g/mol. The van der Waals surface area contributed by atoms with Crippen molar-refractivity contribution in [2.75, 3.05) is 53.9 Å². The van der Waals surface area contributed by atoms with Crippen molar-refractivity contribution in [2.45, 2.75) is 37.1 Å². The highest BCUT2D eigenvalue weighted by atomic mass is 16.7. The summed E-state index contributed by atoms with van der Waals surface area (Å²) in [4.78, 5) is 19.8. The lowest BCUT2D eigenvalue weighted by molar-refractivity contribution is -0.163. The fourth-order valence-corrected chi connectivity index (χ4v) is 6.71. The second-order valence-electron chi connectivity index (χ2n) is 9.46. The Morgan fingerprint density at radius 1 is 1.19 bits per heavy atom. The Bertz CT molecular complexity index is 959. The fraction of sp³-hybridized carbons (Fsp3) is 0.640. The van der Waals surface area contributed by atoms with Crippen molar-refractivity contribution in [1.29, 1.82) is 0 Å². The van der Waals surface area contributed by atoms with Gasteiger partial charge in [0.2, 0.25) is 0 Å². The summed E-state index contributed by atoms with van der Waals surface area (Å²) in [5.41, 5.74) is 2.86. The number of ether oxygens (including phenoxy) is 4. The second-order valence-corrected chi connectivity index (χ2v) is 9.46. The lowest BCUT2D eigenvalue weighted by Crippen LogP contribution is -2.67. The van der Waals surface area contributed by atoms with Crippen LogP contribution in [0.3, 0.4) is 0 Å². The molecule has 2 saturated heterocycles. The van der Waals surface area contributed by atoms with Crippen LogP contribution >= 0.6 is 0 Å². The minimum Gasteiger partial charge on any atom is -0.468 e. The zero-order valence-electron chi connectivity index (χ0n) is 19.1. The van der Waals surface area contributed by atoms with Crippen LogP contribution in [-0.2, 0) is 35.6 Å². The minimum atomic E-state index is -0.638. The average molecular weight is 443 g/mol. The van der Waals surface area contributed by atoms with Crippen LogP contribution in [0.25, 0.3) is 10.9 Å². The van der Waals surface area contributed by atoms with E-state index in [1.54, 1.807) is 7.11 Å². The maximum atomic E-state index is 13.6. The number of methoxy groups -OCH3 is 2. The quantitative estimate of drug-likeness (QED) is 0.366. The fourth-order valence-electron chi connectivity index (χ4n) is 6.71. The number of aromatic nitrogens is 1. The summed E-state index contributed by atoms with van der Waals surface area (Å²) >= 11 is 0. The highest BCUT2D eigenvalue weighted by Gasteiger charge is 2.62. The largest absolute Gasteiger partial charge is 0.468 e. The van der Waals surface area contributed by atoms with Gasteiger partial charge in [-0.15, -0.1) is 0 Å². The first-order valence-electron chi connectivity index (χ1n) is 11.8. The molecule has 4 aliphatic rings. The Morgan fingerprint density at radius 3 is 2.88 bits per heavy atom. The van der Waals surface area contributed by atoms with Crippen LogP contribution in [-0.4, -0.2) is 75.8 Å². The van der Waals surface area contributed by atoms with E-state index in [9.17, 15) is 4.79 Å². The molecule has 3 aliphatic heterocycles. The molecule has 1 N–H and O–H groups in total. The van der Waals surface area contributed by atoms with Gasteiger partial charge in [0.05, 0.1) is 20.3 Å². The number of benzene rings is 1. The predicted octanol–water partition coefficient (Wildman–Crippen LogP) is 2.87.